The lowest BCUT2D eigenvalue weighted by Gasteiger charge is -2.10. The summed E-state index contributed by atoms with van der Waals surface area (Å²) in [7, 11) is 1.68. The maximum Gasteiger partial charge on any atom is 0.128 e. The fourth-order valence-corrected chi connectivity index (χ4v) is 3.37. The summed E-state index contributed by atoms with van der Waals surface area (Å²) >= 11 is 0. The molecule has 27 heavy (non-hydrogen) atoms. The molecule has 1 N–H and O–H groups in total. The molecule has 0 aliphatic heterocycles. The summed E-state index contributed by atoms with van der Waals surface area (Å²) in [6, 6.07) is 20.4. The Morgan fingerprint density at radius 2 is 1.78 bits per heavy atom. The molecule has 0 radical (unpaired) electrons. The van der Waals surface area contributed by atoms with Gasteiger partial charge in [0.15, 0.2) is 0 Å². The summed E-state index contributed by atoms with van der Waals surface area (Å²) < 4.78 is 5.53. The van der Waals surface area contributed by atoms with E-state index < -0.39 is 0 Å². The molecule has 4 heteroatoms. The van der Waals surface area contributed by atoms with E-state index in [9.17, 15) is 0 Å². The lowest BCUT2D eigenvalue weighted by molar-refractivity contribution is 0.415. The summed E-state index contributed by atoms with van der Waals surface area (Å²) in [6.45, 7) is 4.07. The number of hydrogen-bond donors (Lipinski definition) is 1. The Morgan fingerprint density at radius 1 is 0.963 bits per heavy atom. The number of methoxy groups -OCH3 is 1. The zero-order chi connectivity index (χ0) is 18.8. The van der Waals surface area contributed by atoms with Crippen molar-refractivity contribution in [3.63, 3.8) is 0 Å². The largest absolute Gasteiger partial charge is 0.496 e. The van der Waals surface area contributed by atoms with E-state index >= 15 is 0 Å². The number of hydrogen-bond acceptors (Lipinski definition) is 4. The molecule has 4 aromatic rings. The summed E-state index contributed by atoms with van der Waals surface area (Å²) in [6.07, 6.45) is 1.82. The molecule has 0 saturated carbocycles. The lowest BCUT2D eigenvalue weighted by atomic mass is 10.0. The van der Waals surface area contributed by atoms with E-state index in [2.05, 4.69) is 52.8 Å². The van der Waals surface area contributed by atoms with E-state index in [0.29, 0.717) is 0 Å². The number of rotatable bonds is 4. The van der Waals surface area contributed by atoms with E-state index in [1.807, 2.05) is 43.5 Å². The number of hydrazone groups is 1. The van der Waals surface area contributed by atoms with Gasteiger partial charge in [-0.15, -0.1) is 0 Å². The van der Waals surface area contributed by atoms with Crippen molar-refractivity contribution in [3.8, 4) is 5.75 Å². The number of pyridine rings is 1. The quantitative estimate of drug-likeness (QED) is 0.390. The van der Waals surface area contributed by atoms with Crippen molar-refractivity contribution >= 4 is 33.6 Å². The average molecular weight is 355 g/mol. The minimum absolute atomic E-state index is 0.797. The number of aryl methyl sites for hydroxylation is 2. The van der Waals surface area contributed by atoms with Crippen molar-refractivity contribution in [2.24, 2.45) is 5.10 Å². The standard InChI is InChI=1S/C23H21N3O/c1-15-7-6-10-19-21(13-16(2)25-23(15)19)26-24-14-20-18-9-5-4-8-17(18)11-12-22(20)27-3/h4-14H,1-3H3,(H,25,26). The topological polar surface area (TPSA) is 46.5 Å². The van der Waals surface area contributed by atoms with Gasteiger partial charge in [-0.2, -0.15) is 5.10 Å². The summed E-state index contributed by atoms with van der Waals surface area (Å²) in [5, 5.41) is 7.83. The van der Waals surface area contributed by atoms with Gasteiger partial charge in [-0.25, -0.2) is 0 Å². The van der Waals surface area contributed by atoms with Crippen LogP contribution in [0.5, 0.6) is 5.75 Å². The highest BCUT2D eigenvalue weighted by molar-refractivity contribution is 6.03. The van der Waals surface area contributed by atoms with Crippen molar-refractivity contribution < 1.29 is 4.74 Å². The van der Waals surface area contributed by atoms with Crippen LogP contribution >= 0.6 is 0 Å². The molecule has 0 atom stereocenters. The summed E-state index contributed by atoms with van der Waals surface area (Å²) in [4.78, 5) is 4.66. The van der Waals surface area contributed by atoms with Crippen LogP contribution < -0.4 is 10.2 Å². The van der Waals surface area contributed by atoms with Gasteiger partial charge in [-0.05, 0) is 42.3 Å². The minimum atomic E-state index is 0.797. The second kappa shape index (κ2) is 7.08. The van der Waals surface area contributed by atoms with Gasteiger partial charge in [0.25, 0.3) is 0 Å². The van der Waals surface area contributed by atoms with Crippen LogP contribution in [0.4, 0.5) is 5.69 Å². The number of nitrogens with zero attached hydrogens (tertiary/aromatic N) is 2. The van der Waals surface area contributed by atoms with Crippen LogP contribution in [0.3, 0.4) is 0 Å². The molecule has 4 rings (SSSR count). The second-order valence-electron chi connectivity index (χ2n) is 6.55. The second-order valence-corrected chi connectivity index (χ2v) is 6.55. The van der Waals surface area contributed by atoms with E-state index in [4.69, 9.17) is 4.74 Å². The molecule has 0 saturated heterocycles. The monoisotopic (exact) mass is 355 g/mol. The molecule has 1 aromatic heterocycles. The van der Waals surface area contributed by atoms with Gasteiger partial charge in [0, 0.05) is 16.6 Å². The van der Waals surface area contributed by atoms with Gasteiger partial charge in [0.1, 0.15) is 5.75 Å². The van der Waals surface area contributed by atoms with Crippen molar-refractivity contribution in [1.29, 1.82) is 0 Å². The SMILES string of the molecule is COc1ccc2ccccc2c1C=NNc1cc(C)nc2c(C)cccc12. The van der Waals surface area contributed by atoms with Gasteiger partial charge in [-0.1, -0.05) is 48.5 Å². The van der Waals surface area contributed by atoms with Crippen molar-refractivity contribution in [2.45, 2.75) is 13.8 Å². The zero-order valence-corrected chi connectivity index (χ0v) is 15.7. The highest BCUT2D eigenvalue weighted by atomic mass is 16.5. The van der Waals surface area contributed by atoms with E-state index in [0.717, 1.165) is 49.9 Å². The molecule has 0 amide bonds. The van der Waals surface area contributed by atoms with Crippen LogP contribution in [0.1, 0.15) is 16.8 Å². The average Bonchev–Trinajstić information content (AvgIpc) is 2.68. The molecule has 0 spiro atoms. The third-order valence-corrected chi connectivity index (χ3v) is 4.70. The van der Waals surface area contributed by atoms with E-state index in [-0.39, 0.29) is 0 Å². The van der Waals surface area contributed by atoms with E-state index in [1.54, 1.807) is 7.11 Å². The van der Waals surface area contributed by atoms with Crippen molar-refractivity contribution in [2.75, 3.05) is 12.5 Å². The fourth-order valence-electron chi connectivity index (χ4n) is 3.37. The van der Waals surface area contributed by atoms with E-state index in [1.165, 1.54) is 0 Å². The van der Waals surface area contributed by atoms with Crippen molar-refractivity contribution in [3.05, 3.63) is 77.5 Å². The summed E-state index contributed by atoms with van der Waals surface area (Å²) in [5.41, 5.74) is 8.19. The third-order valence-electron chi connectivity index (χ3n) is 4.70. The van der Waals surface area contributed by atoms with Crippen LogP contribution in [0.15, 0.2) is 65.8 Å². The third kappa shape index (κ3) is 3.22. The fraction of sp³-hybridized carbons (Fsp3) is 0.130. The Hall–Kier alpha value is -3.40. The normalized spacial score (nSPS) is 11.4. The predicted molar refractivity (Wildman–Crippen MR) is 113 cm³/mol. The first-order valence-electron chi connectivity index (χ1n) is 8.89. The Balaban J connectivity index is 1.75. The van der Waals surface area contributed by atoms with Crippen molar-refractivity contribution in [1.82, 2.24) is 4.98 Å². The van der Waals surface area contributed by atoms with Gasteiger partial charge in [0.2, 0.25) is 0 Å². The molecule has 0 fully saturated rings. The number of nitrogens with one attached hydrogen (secondary N) is 1. The first-order chi connectivity index (χ1) is 13.2. The number of anilines is 1. The predicted octanol–water partition coefficient (Wildman–Crippen LogP) is 5.46. The van der Waals surface area contributed by atoms with Gasteiger partial charge in [-0.3, -0.25) is 10.4 Å². The molecule has 3 aromatic carbocycles. The first kappa shape index (κ1) is 17.0. The number of ether oxygens (including phenoxy) is 1. The molecule has 0 unspecified atom stereocenters. The zero-order valence-electron chi connectivity index (χ0n) is 15.7. The maximum atomic E-state index is 5.53. The van der Waals surface area contributed by atoms with Crippen LogP contribution in [0, 0.1) is 13.8 Å². The Labute approximate surface area is 158 Å². The highest BCUT2D eigenvalue weighted by Crippen LogP contribution is 2.28. The molecule has 0 bridgehead atoms. The maximum absolute atomic E-state index is 5.53. The molecule has 4 nitrogen and oxygen atoms in total. The molecule has 1 heterocycles. The molecular formula is C23H21N3O. The molecular weight excluding hydrogens is 334 g/mol. The van der Waals surface area contributed by atoms with Gasteiger partial charge >= 0.3 is 0 Å². The lowest BCUT2D eigenvalue weighted by Crippen LogP contribution is -1.97. The number of benzene rings is 3. The smallest absolute Gasteiger partial charge is 0.128 e. The Bertz CT molecular complexity index is 1170. The number of aromatic nitrogens is 1. The van der Waals surface area contributed by atoms with Crippen LogP contribution in [-0.4, -0.2) is 18.3 Å². The Morgan fingerprint density at radius 3 is 2.63 bits per heavy atom. The summed E-state index contributed by atoms with van der Waals surface area (Å²) in [5.74, 6) is 0.797. The van der Waals surface area contributed by atoms with Crippen LogP contribution in [0.25, 0.3) is 21.7 Å². The van der Waals surface area contributed by atoms with Crippen LogP contribution in [-0.2, 0) is 0 Å². The Kier molecular flexibility index (Phi) is 4.47. The molecule has 134 valence electrons. The number of para-hydroxylation sites is 1. The van der Waals surface area contributed by atoms with Crippen LogP contribution in [0.2, 0.25) is 0 Å². The number of fused-ring (bicyclic) bond motifs is 2. The van der Waals surface area contributed by atoms with Gasteiger partial charge < -0.3 is 4.74 Å². The molecule has 0 aliphatic rings. The van der Waals surface area contributed by atoms with Gasteiger partial charge in [0.05, 0.1) is 24.5 Å². The molecule has 0 aliphatic carbocycles. The first-order valence-corrected chi connectivity index (χ1v) is 8.89. The highest BCUT2D eigenvalue weighted by Gasteiger charge is 2.07. The minimum Gasteiger partial charge on any atom is -0.496 e.